The molecule has 1 atom stereocenters. The van der Waals surface area contributed by atoms with E-state index in [1.807, 2.05) is 13.8 Å². The molecule has 0 aromatic rings. The van der Waals surface area contributed by atoms with Crippen molar-refractivity contribution in [1.29, 1.82) is 0 Å². The molecule has 0 saturated carbocycles. The van der Waals surface area contributed by atoms with E-state index in [0.717, 1.165) is 0 Å². The van der Waals surface area contributed by atoms with Crippen molar-refractivity contribution >= 4 is 5.78 Å². The van der Waals surface area contributed by atoms with E-state index in [4.69, 9.17) is 10.5 Å². The van der Waals surface area contributed by atoms with Crippen molar-refractivity contribution in [3.8, 4) is 0 Å². The van der Waals surface area contributed by atoms with Gasteiger partial charge in [0.25, 0.3) is 0 Å². The third-order valence-electron chi connectivity index (χ3n) is 1.37. The molecule has 0 aliphatic rings. The summed E-state index contributed by atoms with van der Waals surface area (Å²) in [6.07, 6.45) is 0.546. The predicted molar refractivity (Wildman–Crippen MR) is 44.3 cm³/mol. The number of methoxy groups -OCH3 is 1. The van der Waals surface area contributed by atoms with Crippen LogP contribution in [0, 0.1) is 5.92 Å². The monoisotopic (exact) mass is 159 g/mol. The summed E-state index contributed by atoms with van der Waals surface area (Å²) in [5, 5.41) is 0. The van der Waals surface area contributed by atoms with Crippen LogP contribution < -0.4 is 5.73 Å². The fourth-order valence-electron chi connectivity index (χ4n) is 0.826. The molecule has 2 N–H and O–H groups in total. The van der Waals surface area contributed by atoms with Crippen molar-refractivity contribution in [2.24, 2.45) is 11.7 Å². The van der Waals surface area contributed by atoms with Crippen LogP contribution in [-0.2, 0) is 9.53 Å². The highest BCUT2D eigenvalue weighted by Crippen LogP contribution is 2.01. The van der Waals surface area contributed by atoms with Gasteiger partial charge in [0.05, 0.1) is 12.6 Å². The highest BCUT2D eigenvalue weighted by molar-refractivity contribution is 5.84. The van der Waals surface area contributed by atoms with Gasteiger partial charge in [-0.1, -0.05) is 13.8 Å². The summed E-state index contributed by atoms with van der Waals surface area (Å²) in [6, 6.07) is -0.442. The molecule has 1 unspecified atom stereocenters. The Hall–Kier alpha value is -0.410. The van der Waals surface area contributed by atoms with Crippen molar-refractivity contribution in [2.45, 2.75) is 26.3 Å². The smallest absolute Gasteiger partial charge is 0.152 e. The third-order valence-corrected chi connectivity index (χ3v) is 1.37. The summed E-state index contributed by atoms with van der Waals surface area (Å²) in [5.74, 6) is 0.465. The Balaban J connectivity index is 3.64. The molecule has 0 rings (SSSR count). The van der Waals surface area contributed by atoms with Gasteiger partial charge < -0.3 is 10.5 Å². The second kappa shape index (κ2) is 5.27. The van der Waals surface area contributed by atoms with Gasteiger partial charge in [0, 0.05) is 13.5 Å². The van der Waals surface area contributed by atoms with Gasteiger partial charge in [-0.25, -0.2) is 0 Å². The zero-order valence-electron chi connectivity index (χ0n) is 7.46. The first-order chi connectivity index (χ1) is 5.07. The van der Waals surface area contributed by atoms with E-state index >= 15 is 0 Å². The zero-order valence-corrected chi connectivity index (χ0v) is 7.46. The minimum atomic E-state index is -0.442. The second-order valence-corrected chi connectivity index (χ2v) is 3.13. The normalized spacial score (nSPS) is 13.5. The quantitative estimate of drug-likeness (QED) is 0.638. The minimum Gasteiger partial charge on any atom is -0.383 e. The number of ether oxygens (including phenoxy) is 1. The Kier molecular flexibility index (Phi) is 5.07. The van der Waals surface area contributed by atoms with Crippen molar-refractivity contribution < 1.29 is 9.53 Å². The SMILES string of the molecule is COCC(N)C(=O)CC(C)C. The number of carbonyl (C=O) groups excluding carboxylic acids is 1. The molecule has 0 fully saturated rings. The van der Waals surface area contributed by atoms with Gasteiger partial charge >= 0.3 is 0 Å². The lowest BCUT2D eigenvalue weighted by Crippen LogP contribution is -2.35. The maximum atomic E-state index is 11.1. The van der Waals surface area contributed by atoms with Crippen LogP contribution in [0.25, 0.3) is 0 Å². The summed E-state index contributed by atoms with van der Waals surface area (Å²) in [5.41, 5.74) is 5.50. The standard InChI is InChI=1S/C8H17NO2/c1-6(2)4-8(10)7(9)5-11-3/h6-7H,4-5,9H2,1-3H3. The summed E-state index contributed by atoms with van der Waals surface area (Å²) in [4.78, 5) is 11.1. The van der Waals surface area contributed by atoms with Gasteiger partial charge in [-0.15, -0.1) is 0 Å². The Morgan fingerprint density at radius 1 is 1.55 bits per heavy atom. The molecule has 0 radical (unpaired) electrons. The first-order valence-corrected chi connectivity index (χ1v) is 3.85. The van der Waals surface area contributed by atoms with Gasteiger partial charge in [-0.3, -0.25) is 4.79 Å². The molecule has 0 bridgehead atoms. The topological polar surface area (TPSA) is 52.3 Å². The molecule has 0 aliphatic carbocycles. The van der Waals surface area contributed by atoms with Crippen LogP contribution in [-0.4, -0.2) is 25.5 Å². The first-order valence-electron chi connectivity index (χ1n) is 3.85. The largest absolute Gasteiger partial charge is 0.383 e. The van der Waals surface area contributed by atoms with E-state index in [0.29, 0.717) is 18.9 Å². The number of hydrogen-bond donors (Lipinski definition) is 1. The van der Waals surface area contributed by atoms with Gasteiger partial charge in [0.15, 0.2) is 5.78 Å². The fraction of sp³-hybridized carbons (Fsp3) is 0.875. The van der Waals surface area contributed by atoms with Crippen LogP contribution in [0.3, 0.4) is 0 Å². The van der Waals surface area contributed by atoms with Crippen LogP contribution in [0.5, 0.6) is 0 Å². The van der Waals surface area contributed by atoms with Gasteiger partial charge in [0.2, 0.25) is 0 Å². The second-order valence-electron chi connectivity index (χ2n) is 3.13. The number of nitrogens with two attached hydrogens (primary N) is 1. The van der Waals surface area contributed by atoms with E-state index in [1.54, 1.807) is 7.11 Å². The lowest BCUT2D eigenvalue weighted by Gasteiger charge is -2.10. The van der Waals surface area contributed by atoms with Crippen LogP contribution in [0.4, 0.5) is 0 Å². The van der Waals surface area contributed by atoms with Gasteiger partial charge in [0.1, 0.15) is 0 Å². The summed E-state index contributed by atoms with van der Waals surface area (Å²) >= 11 is 0. The first kappa shape index (κ1) is 10.6. The van der Waals surface area contributed by atoms with Crippen LogP contribution >= 0.6 is 0 Å². The molecular weight excluding hydrogens is 142 g/mol. The highest BCUT2D eigenvalue weighted by Gasteiger charge is 2.13. The van der Waals surface area contributed by atoms with Crippen molar-refractivity contribution in [1.82, 2.24) is 0 Å². The molecule has 0 amide bonds. The minimum absolute atomic E-state index is 0.0850. The van der Waals surface area contributed by atoms with Gasteiger partial charge in [-0.05, 0) is 5.92 Å². The molecule has 0 aromatic heterocycles. The molecule has 0 aliphatic heterocycles. The zero-order chi connectivity index (χ0) is 8.85. The molecule has 11 heavy (non-hydrogen) atoms. The molecule has 3 nitrogen and oxygen atoms in total. The maximum Gasteiger partial charge on any atom is 0.152 e. The average Bonchev–Trinajstić information content (AvgIpc) is 1.86. The molecular formula is C8H17NO2. The van der Waals surface area contributed by atoms with E-state index < -0.39 is 6.04 Å². The van der Waals surface area contributed by atoms with Crippen molar-refractivity contribution in [3.63, 3.8) is 0 Å². The average molecular weight is 159 g/mol. The Bertz CT molecular complexity index is 123. The fourth-order valence-corrected chi connectivity index (χ4v) is 0.826. The number of hydrogen-bond acceptors (Lipinski definition) is 3. The molecule has 0 aromatic carbocycles. The van der Waals surface area contributed by atoms with E-state index in [1.165, 1.54) is 0 Å². The number of ketones is 1. The molecule has 0 saturated heterocycles. The summed E-state index contributed by atoms with van der Waals surface area (Å²) in [7, 11) is 1.54. The Labute approximate surface area is 67.9 Å². The molecule has 0 heterocycles. The van der Waals surface area contributed by atoms with Crippen molar-refractivity contribution in [2.75, 3.05) is 13.7 Å². The van der Waals surface area contributed by atoms with Gasteiger partial charge in [-0.2, -0.15) is 0 Å². The number of carbonyl (C=O) groups is 1. The molecule has 3 heteroatoms. The summed E-state index contributed by atoms with van der Waals surface area (Å²) in [6.45, 7) is 4.32. The lowest BCUT2D eigenvalue weighted by molar-refractivity contribution is -0.122. The molecule has 66 valence electrons. The van der Waals surface area contributed by atoms with E-state index in [2.05, 4.69) is 0 Å². The van der Waals surface area contributed by atoms with Crippen molar-refractivity contribution in [3.05, 3.63) is 0 Å². The summed E-state index contributed by atoms with van der Waals surface area (Å²) < 4.78 is 4.76. The van der Waals surface area contributed by atoms with Crippen LogP contribution in [0.2, 0.25) is 0 Å². The predicted octanol–water partition coefficient (Wildman–Crippen LogP) is 0.575. The Morgan fingerprint density at radius 3 is 2.45 bits per heavy atom. The van der Waals surface area contributed by atoms with Crippen LogP contribution in [0.1, 0.15) is 20.3 Å². The van der Waals surface area contributed by atoms with E-state index in [9.17, 15) is 4.79 Å². The van der Waals surface area contributed by atoms with E-state index in [-0.39, 0.29) is 5.78 Å². The lowest BCUT2D eigenvalue weighted by atomic mass is 10.0. The number of Topliss-reactive ketones (excluding diaryl/α,β-unsaturated/α-hetero) is 1. The Morgan fingerprint density at radius 2 is 2.09 bits per heavy atom. The molecule has 0 spiro atoms. The maximum absolute atomic E-state index is 11.1. The highest BCUT2D eigenvalue weighted by atomic mass is 16.5. The van der Waals surface area contributed by atoms with Crippen LogP contribution in [0.15, 0.2) is 0 Å². The number of rotatable bonds is 5. The third kappa shape index (κ3) is 4.93.